The molecule has 0 aromatic heterocycles. The lowest BCUT2D eigenvalue weighted by Crippen LogP contribution is -2.34. The molecule has 0 aliphatic rings. The van der Waals surface area contributed by atoms with Crippen LogP contribution >= 0.6 is 27.5 Å². The summed E-state index contributed by atoms with van der Waals surface area (Å²) in [6, 6.07) is 5.14. The van der Waals surface area contributed by atoms with Crippen LogP contribution in [0.15, 0.2) is 35.3 Å². The van der Waals surface area contributed by atoms with Gasteiger partial charge in [-0.15, -0.1) is 6.58 Å². The third kappa shape index (κ3) is 4.12. The molecule has 1 rings (SSSR count). The van der Waals surface area contributed by atoms with Crippen molar-refractivity contribution in [1.82, 2.24) is 4.90 Å². The average molecular weight is 333 g/mol. The minimum absolute atomic E-state index is 0.0960. The molecule has 0 atom stereocenters. The highest BCUT2D eigenvalue weighted by Gasteiger charge is 2.17. The molecule has 0 aliphatic heterocycles. The Kier molecular flexibility index (Phi) is 6.39. The van der Waals surface area contributed by atoms with Crippen molar-refractivity contribution < 1.29 is 9.53 Å². The molecule has 0 fully saturated rings. The van der Waals surface area contributed by atoms with Crippen molar-refractivity contribution in [1.29, 1.82) is 0 Å². The predicted molar refractivity (Wildman–Crippen MR) is 77.1 cm³/mol. The number of methoxy groups -OCH3 is 1. The second kappa shape index (κ2) is 7.56. The maximum Gasteiger partial charge on any atom is 0.255 e. The average Bonchev–Trinajstić information content (AvgIpc) is 2.36. The van der Waals surface area contributed by atoms with Crippen molar-refractivity contribution in [3.63, 3.8) is 0 Å². The van der Waals surface area contributed by atoms with Crippen molar-refractivity contribution in [3.05, 3.63) is 45.9 Å². The van der Waals surface area contributed by atoms with Gasteiger partial charge >= 0.3 is 0 Å². The summed E-state index contributed by atoms with van der Waals surface area (Å²) in [5.41, 5.74) is 0.542. The van der Waals surface area contributed by atoms with Crippen LogP contribution in [0.25, 0.3) is 0 Å². The number of benzene rings is 1. The van der Waals surface area contributed by atoms with Crippen LogP contribution in [0.4, 0.5) is 0 Å². The first-order chi connectivity index (χ1) is 8.60. The molecule has 1 amide bonds. The van der Waals surface area contributed by atoms with E-state index in [0.717, 1.165) is 4.47 Å². The smallest absolute Gasteiger partial charge is 0.255 e. The quantitative estimate of drug-likeness (QED) is 0.748. The summed E-state index contributed by atoms with van der Waals surface area (Å²) in [4.78, 5) is 14.0. The van der Waals surface area contributed by atoms with Crippen molar-refractivity contribution in [3.8, 4) is 0 Å². The summed E-state index contributed by atoms with van der Waals surface area (Å²) in [5, 5.41) is 0.534. The zero-order valence-corrected chi connectivity index (χ0v) is 12.5. The Morgan fingerprint density at radius 2 is 2.33 bits per heavy atom. The van der Waals surface area contributed by atoms with Crippen LogP contribution in [-0.2, 0) is 4.74 Å². The van der Waals surface area contributed by atoms with Gasteiger partial charge in [-0.2, -0.15) is 0 Å². The molecule has 18 heavy (non-hydrogen) atoms. The summed E-state index contributed by atoms with van der Waals surface area (Å²) in [5.74, 6) is -0.0960. The first-order valence-corrected chi connectivity index (χ1v) is 6.61. The van der Waals surface area contributed by atoms with Crippen LogP contribution in [0, 0.1) is 0 Å². The molecule has 0 radical (unpaired) electrons. The van der Waals surface area contributed by atoms with Crippen LogP contribution in [-0.4, -0.2) is 37.6 Å². The van der Waals surface area contributed by atoms with E-state index < -0.39 is 0 Å². The summed E-state index contributed by atoms with van der Waals surface area (Å²) in [6.07, 6.45) is 1.69. The number of carbonyl (C=O) groups excluding carboxylic acids is 1. The standard InChI is InChI=1S/C13H15BrClNO2/c1-3-6-16(7-8-18-2)13(17)11-9-10(15)4-5-12(11)14/h3-5,9H,1,6-8H2,2H3. The van der Waals surface area contributed by atoms with E-state index in [1.807, 2.05) is 0 Å². The van der Waals surface area contributed by atoms with Crippen LogP contribution in [0.5, 0.6) is 0 Å². The number of carbonyl (C=O) groups is 1. The summed E-state index contributed by atoms with van der Waals surface area (Å²) >= 11 is 9.27. The predicted octanol–water partition coefficient (Wildman–Crippen LogP) is 3.38. The van der Waals surface area contributed by atoms with E-state index in [1.165, 1.54) is 0 Å². The van der Waals surface area contributed by atoms with Gasteiger partial charge in [-0.1, -0.05) is 17.7 Å². The molecule has 1 aromatic rings. The van der Waals surface area contributed by atoms with Gasteiger partial charge in [0.15, 0.2) is 0 Å². The van der Waals surface area contributed by atoms with E-state index >= 15 is 0 Å². The van der Waals surface area contributed by atoms with Gasteiger partial charge in [0, 0.05) is 29.7 Å². The van der Waals surface area contributed by atoms with Gasteiger partial charge in [0.05, 0.1) is 12.2 Å². The van der Waals surface area contributed by atoms with Crippen LogP contribution in [0.2, 0.25) is 5.02 Å². The molecule has 98 valence electrons. The molecule has 0 N–H and O–H groups in total. The Hall–Kier alpha value is -0.840. The molecule has 0 saturated carbocycles. The summed E-state index contributed by atoms with van der Waals surface area (Å²) in [6.45, 7) is 5.12. The normalized spacial score (nSPS) is 10.2. The van der Waals surface area contributed by atoms with Gasteiger partial charge in [0.1, 0.15) is 0 Å². The first-order valence-electron chi connectivity index (χ1n) is 5.44. The Bertz CT molecular complexity index is 437. The Morgan fingerprint density at radius 1 is 1.61 bits per heavy atom. The minimum atomic E-state index is -0.0960. The minimum Gasteiger partial charge on any atom is -0.383 e. The first kappa shape index (κ1) is 15.2. The SMILES string of the molecule is C=CCN(CCOC)C(=O)c1cc(Cl)ccc1Br. The van der Waals surface area contributed by atoms with E-state index in [0.29, 0.717) is 30.3 Å². The molecule has 0 spiro atoms. The van der Waals surface area contributed by atoms with Gasteiger partial charge in [-0.25, -0.2) is 0 Å². The zero-order valence-electron chi connectivity index (χ0n) is 10.2. The Morgan fingerprint density at radius 3 is 2.94 bits per heavy atom. The topological polar surface area (TPSA) is 29.5 Å². The molecule has 0 unspecified atom stereocenters. The van der Waals surface area contributed by atoms with Crippen LogP contribution in [0.3, 0.4) is 0 Å². The van der Waals surface area contributed by atoms with Crippen LogP contribution < -0.4 is 0 Å². The molecule has 0 heterocycles. The molecule has 3 nitrogen and oxygen atoms in total. The largest absolute Gasteiger partial charge is 0.383 e. The van der Waals surface area contributed by atoms with Crippen molar-refractivity contribution in [2.75, 3.05) is 26.8 Å². The van der Waals surface area contributed by atoms with Gasteiger partial charge in [-0.3, -0.25) is 4.79 Å². The molecule has 0 bridgehead atoms. The highest BCUT2D eigenvalue weighted by molar-refractivity contribution is 9.10. The molecular weight excluding hydrogens is 318 g/mol. The lowest BCUT2D eigenvalue weighted by molar-refractivity contribution is 0.0717. The second-order valence-corrected chi connectivity index (χ2v) is 4.95. The third-order valence-corrected chi connectivity index (χ3v) is 3.29. The van der Waals surface area contributed by atoms with Gasteiger partial charge < -0.3 is 9.64 Å². The third-order valence-electron chi connectivity index (χ3n) is 2.36. The van der Waals surface area contributed by atoms with Gasteiger partial charge in [-0.05, 0) is 34.1 Å². The van der Waals surface area contributed by atoms with Crippen molar-refractivity contribution in [2.24, 2.45) is 0 Å². The summed E-state index contributed by atoms with van der Waals surface area (Å²) in [7, 11) is 1.60. The lowest BCUT2D eigenvalue weighted by atomic mass is 10.2. The number of amides is 1. The molecule has 0 aliphatic carbocycles. The monoisotopic (exact) mass is 331 g/mol. The maximum absolute atomic E-state index is 12.3. The molecular formula is C13H15BrClNO2. The van der Waals surface area contributed by atoms with Gasteiger partial charge in [0.2, 0.25) is 0 Å². The molecule has 1 aromatic carbocycles. The van der Waals surface area contributed by atoms with E-state index in [9.17, 15) is 4.79 Å². The second-order valence-electron chi connectivity index (χ2n) is 3.66. The number of hydrogen-bond donors (Lipinski definition) is 0. The maximum atomic E-state index is 12.3. The number of ether oxygens (including phenoxy) is 1. The fourth-order valence-corrected chi connectivity index (χ4v) is 2.05. The van der Waals surface area contributed by atoms with Crippen molar-refractivity contribution >= 4 is 33.4 Å². The van der Waals surface area contributed by atoms with E-state index in [1.54, 1.807) is 36.3 Å². The Labute approximate surface area is 121 Å². The fourth-order valence-electron chi connectivity index (χ4n) is 1.46. The highest BCUT2D eigenvalue weighted by atomic mass is 79.9. The van der Waals surface area contributed by atoms with E-state index in [-0.39, 0.29) is 5.91 Å². The summed E-state index contributed by atoms with van der Waals surface area (Å²) < 4.78 is 5.72. The highest BCUT2D eigenvalue weighted by Crippen LogP contribution is 2.22. The zero-order chi connectivity index (χ0) is 13.5. The fraction of sp³-hybridized carbons (Fsp3) is 0.308. The van der Waals surface area contributed by atoms with E-state index in [2.05, 4.69) is 22.5 Å². The number of rotatable bonds is 6. The van der Waals surface area contributed by atoms with Gasteiger partial charge in [0.25, 0.3) is 5.91 Å². The molecule has 0 saturated heterocycles. The van der Waals surface area contributed by atoms with E-state index in [4.69, 9.17) is 16.3 Å². The number of nitrogens with zero attached hydrogens (tertiary/aromatic N) is 1. The van der Waals surface area contributed by atoms with Crippen molar-refractivity contribution in [2.45, 2.75) is 0 Å². The Balaban J connectivity index is 2.93. The van der Waals surface area contributed by atoms with Crippen LogP contribution in [0.1, 0.15) is 10.4 Å². The lowest BCUT2D eigenvalue weighted by Gasteiger charge is -2.21. The number of halogens is 2. The molecule has 5 heteroatoms. The number of hydrogen-bond acceptors (Lipinski definition) is 2.